The minimum atomic E-state index is 0.166. The summed E-state index contributed by atoms with van der Waals surface area (Å²) in [6, 6.07) is 20.2. The van der Waals surface area contributed by atoms with Gasteiger partial charge in [-0.2, -0.15) is 4.98 Å². The van der Waals surface area contributed by atoms with E-state index >= 15 is 0 Å². The van der Waals surface area contributed by atoms with Gasteiger partial charge in [-0.15, -0.1) is 0 Å². The first-order chi connectivity index (χ1) is 12.1. The van der Waals surface area contributed by atoms with Crippen molar-refractivity contribution in [1.82, 2.24) is 9.97 Å². The van der Waals surface area contributed by atoms with Crippen LogP contribution in [0.1, 0.15) is 29.8 Å². The number of hydrogen-bond acceptors (Lipinski definition) is 4. The molecule has 0 aliphatic rings. The Morgan fingerprint density at radius 1 is 1.00 bits per heavy atom. The Kier molecular flexibility index (Phi) is 5.51. The quantitative estimate of drug-likeness (QED) is 0.638. The first-order valence-corrected chi connectivity index (χ1v) is 8.63. The highest BCUT2D eigenvalue weighted by molar-refractivity contribution is 6.30. The van der Waals surface area contributed by atoms with Crippen LogP contribution in [0.2, 0.25) is 5.02 Å². The van der Waals surface area contributed by atoms with Crippen molar-refractivity contribution < 1.29 is 0 Å². The molecule has 4 nitrogen and oxygen atoms in total. The first-order valence-electron chi connectivity index (χ1n) is 8.25. The summed E-state index contributed by atoms with van der Waals surface area (Å²) in [4.78, 5) is 9.03. The molecule has 0 bridgehead atoms. The van der Waals surface area contributed by atoms with Gasteiger partial charge in [-0.25, -0.2) is 4.98 Å². The van der Waals surface area contributed by atoms with Crippen LogP contribution in [0.5, 0.6) is 0 Å². The van der Waals surface area contributed by atoms with E-state index < -0.39 is 0 Å². The molecular formula is C20H21ClN4. The van der Waals surface area contributed by atoms with Crippen molar-refractivity contribution in [3.63, 3.8) is 0 Å². The van der Waals surface area contributed by atoms with Gasteiger partial charge in [0.15, 0.2) is 0 Å². The van der Waals surface area contributed by atoms with Crippen LogP contribution in [0.15, 0.2) is 60.7 Å². The fourth-order valence-corrected chi connectivity index (χ4v) is 2.68. The molecule has 1 atom stereocenters. The Bertz CT molecular complexity index is 819. The summed E-state index contributed by atoms with van der Waals surface area (Å²) in [7, 11) is 0. The van der Waals surface area contributed by atoms with Crippen molar-refractivity contribution >= 4 is 23.4 Å². The third-order valence-corrected chi connectivity index (χ3v) is 4.13. The van der Waals surface area contributed by atoms with Gasteiger partial charge >= 0.3 is 0 Å². The van der Waals surface area contributed by atoms with Crippen molar-refractivity contribution in [2.75, 3.05) is 10.6 Å². The molecule has 1 aromatic heterocycles. The molecule has 25 heavy (non-hydrogen) atoms. The van der Waals surface area contributed by atoms with E-state index in [1.54, 1.807) is 0 Å². The average molecular weight is 353 g/mol. The Morgan fingerprint density at radius 2 is 1.72 bits per heavy atom. The van der Waals surface area contributed by atoms with E-state index in [4.69, 9.17) is 11.6 Å². The summed E-state index contributed by atoms with van der Waals surface area (Å²) in [5.74, 6) is 1.42. The molecule has 0 fully saturated rings. The molecule has 5 heteroatoms. The second-order valence-electron chi connectivity index (χ2n) is 5.97. The number of nitrogens with zero attached hydrogens (tertiary/aromatic N) is 2. The van der Waals surface area contributed by atoms with Crippen LogP contribution >= 0.6 is 11.6 Å². The minimum absolute atomic E-state index is 0.166. The van der Waals surface area contributed by atoms with Gasteiger partial charge in [0.05, 0.1) is 0 Å². The van der Waals surface area contributed by atoms with Crippen LogP contribution in [0, 0.1) is 6.92 Å². The number of hydrogen-bond donors (Lipinski definition) is 2. The SMILES string of the molecule is Cc1cc(NC(C)c2ccccc2)nc(NCc2ccc(Cl)cc2)n1. The van der Waals surface area contributed by atoms with Crippen molar-refractivity contribution in [1.29, 1.82) is 0 Å². The fourth-order valence-electron chi connectivity index (χ4n) is 2.55. The second-order valence-corrected chi connectivity index (χ2v) is 6.41. The van der Waals surface area contributed by atoms with Gasteiger partial charge in [0.1, 0.15) is 5.82 Å². The number of aryl methyl sites for hydroxylation is 1. The molecule has 0 spiro atoms. The predicted molar refractivity (Wildman–Crippen MR) is 104 cm³/mol. The molecule has 0 aliphatic carbocycles. The maximum absolute atomic E-state index is 5.92. The maximum Gasteiger partial charge on any atom is 0.225 e. The third-order valence-electron chi connectivity index (χ3n) is 3.88. The molecule has 2 N–H and O–H groups in total. The van der Waals surface area contributed by atoms with Crippen LogP contribution in [0.4, 0.5) is 11.8 Å². The molecule has 0 saturated carbocycles. The van der Waals surface area contributed by atoms with E-state index in [-0.39, 0.29) is 6.04 Å². The Labute approximate surface area is 153 Å². The van der Waals surface area contributed by atoms with Crippen molar-refractivity contribution in [3.05, 3.63) is 82.5 Å². The summed E-state index contributed by atoms with van der Waals surface area (Å²) in [6.45, 7) is 4.73. The highest BCUT2D eigenvalue weighted by Gasteiger charge is 2.08. The zero-order valence-electron chi connectivity index (χ0n) is 14.3. The Hall–Kier alpha value is -2.59. The number of aromatic nitrogens is 2. The normalized spacial score (nSPS) is 11.8. The number of anilines is 2. The molecular weight excluding hydrogens is 332 g/mol. The Morgan fingerprint density at radius 3 is 2.44 bits per heavy atom. The number of nitrogens with one attached hydrogen (secondary N) is 2. The maximum atomic E-state index is 5.92. The van der Waals surface area contributed by atoms with Gasteiger partial charge in [0.25, 0.3) is 0 Å². The molecule has 1 heterocycles. The van der Waals surface area contributed by atoms with Gasteiger partial charge < -0.3 is 10.6 Å². The predicted octanol–water partition coefficient (Wildman–Crippen LogP) is 5.22. The van der Waals surface area contributed by atoms with Gasteiger partial charge in [-0.3, -0.25) is 0 Å². The van der Waals surface area contributed by atoms with E-state index in [2.05, 4.69) is 39.7 Å². The van der Waals surface area contributed by atoms with Gasteiger partial charge in [-0.1, -0.05) is 54.1 Å². The smallest absolute Gasteiger partial charge is 0.225 e. The van der Waals surface area contributed by atoms with Gasteiger partial charge in [0.2, 0.25) is 5.95 Å². The molecule has 1 unspecified atom stereocenters. The number of benzene rings is 2. The van der Waals surface area contributed by atoms with Crippen LogP contribution in [-0.4, -0.2) is 9.97 Å². The lowest BCUT2D eigenvalue weighted by atomic mass is 10.1. The summed E-state index contributed by atoms with van der Waals surface area (Å²) in [5, 5.41) is 7.44. The lowest BCUT2D eigenvalue weighted by Gasteiger charge is -2.16. The van der Waals surface area contributed by atoms with E-state index in [1.165, 1.54) is 5.56 Å². The molecule has 0 aliphatic heterocycles. The summed E-state index contributed by atoms with van der Waals surface area (Å²) < 4.78 is 0. The molecule has 0 radical (unpaired) electrons. The number of rotatable bonds is 6. The fraction of sp³-hybridized carbons (Fsp3) is 0.200. The van der Waals surface area contributed by atoms with Crippen molar-refractivity contribution in [2.45, 2.75) is 26.4 Å². The minimum Gasteiger partial charge on any atom is -0.363 e. The zero-order chi connectivity index (χ0) is 17.6. The lowest BCUT2D eigenvalue weighted by molar-refractivity contribution is 0.869. The zero-order valence-corrected chi connectivity index (χ0v) is 15.1. The summed E-state index contributed by atoms with van der Waals surface area (Å²) >= 11 is 5.92. The van der Waals surface area contributed by atoms with Crippen molar-refractivity contribution in [3.8, 4) is 0 Å². The van der Waals surface area contributed by atoms with E-state index in [1.807, 2.05) is 55.5 Å². The van der Waals surface area contributed by atoms with Crippen LogP contribution in [0.25, 0.3) is 0 Å². The van der Waals surface area contributed by atoms with Gasteiger partial charge in [0, 0.05) is 29.4 Å². The van der Waals surface area contributed by atoms with E-state index in [0.29, 0.717) is 12.5 Å². The van der Waals surface area contributed by atoms with Crippen LogP contribution in [0.3, 0.4) is 0 Å². The standard InChI is InChI=1S/C20H21ClN4/c1-14-12-19(24-15(2)17-6-4-3-5-7-17)25-20(23-14)22-13-16-8-10-18(21)11-9-16/h3-12,15H,13H2,1-2H3,(H2,22,23,24,25). The number of halogens is 1. The summed E-state index contributed by atoms with van der Waals surface area (Å²) in [6.07, 6.45) is 0. The molecule has 128 valence electrons. The van der Waals surface area contributed by atoms with Crippen LogP contribution < -0.4 is 10.6 Å². The average Bonchev–Trinajstić information content (AvgIpc) is 2.61. The third kappa shape index (κ3) is 4.94. The van der Waals surface area contributed by atoms with Crippen molar-refractivity contribution in [2.24, 2.45) is 0 Å². The highest BCUT2D eigenvalue weighted by Crippen LogP contribution is 2.19. The Balaban J connectivity index is 1.68. The van der Waals surface area contributed by atoms with Crippen LogP contribution in [-0.2, 0) is 6.54 Å². The van der Waals surface area contributed by atoms with E-state index in [0.717, 1.165) is 22.1 Å². The monoisotopic (exact) mass is 352 g/mol. The molecule has 0 amide bonds. The van der Waals surface area contributed by atoms with E-state index in [9.17, 15) is 0 Å². The molecule has 3 aromatic rings. The second kappa shape index (κ2) is 7.99. The molecule has 0 saturated heterocycles. The largest absolute Gasteiger partial charge is 0.363 e. The summed E-state index contributed by atoms with van der Waals surface area (Å²) in [5.41, 5.74) is 3.26. The topological polar surface area (TPSA) is 49.8 Å². The lowest BCUT2D eigenvalue weighted by Crippen LogP contribution is -2.11. The van der Waals surface area contributed by atoms with Gasteiger partial charge in [-0.05, 0) is 37.1 Å². The molecule has 2 aromatic carbocycles. The highest BCUT2D eigenvalue weighted by atomic mass is 35.5. The first kappa shape index (κ1) is 17.2. The molecule has 3 rings (SSSR count).